The van der Waals surface area contributed by atoms with E-state index in [0.29, 0.717) is 10.0 Å². The number of hydrogen-bond acceptors (Lipinski definition) is 5. The van der Waals surface area contributed by atoms with Gasteiger partial charge in [0.2, 0.25) is 0 Å². The van der Waals surface area contributed by atoms with Crippen LogP contribution >= 0.6 is 37.9 Å². The Labute approximate surface area is 138 Å². The van der Waals surface area contributed by atoms with Crippen LogP contribution in [0.15, 0.2) is 26.9 Å². The minimum atomic E-state index is -3.86. The molecule has 9 heteroatoms. The molecule has 0 radical (unpaired) electrons. The van der Waals surface area contributed by atoms with Crippen LogP contribution in [0.2, 0.25) is 0 Å². The van der Waals surface area contributed by atoms with Gasteiger partial charge in [-0.2, -0.15) is 0 Å². The van der Waals surface area contributed by atoms with Crippen LogP contribution in [0.4, 0.5) is 5.13 Å². The zero-order valence-electron chi connectivity index (χ0n) is 11.0. The number of anilines is 1. The molecule has 0 saturated heterocycles. The third kappa shape index (κ3) is 3.63. The molecule has 112 valence electrons. The second-order valence-corrected chi connectivity index (χ2v) is 8.77. The number of carbonyl (C=O) groups excluding carboxylic acids is 1. The molecule has 5 nitrogen and oxygen atoms in total. The van der Waals surface area contributed by atoms with Gasteiger partial charge in [-0.15, -0.1) is 0 Å². The van der Waals surface area contributed by atoms with Crippen LogP contribution in [-0.2, 0) is 9.05 Å². The van der Waals surface area contributed by atoms with Gasteiger partial charge in [-0.25, -0.2) is 13.4 Å². The summed E-state index contributed by atoms with van der Waals surface area (Å²) in [6.45, 7) is 3.39. The normalized spacial score (nSPS) is 11.4. The molecule has 1 heterocycles. The molecule has 0 aliphatic heterocycles. The fourth-order valence-electron chi connectivity index (χ4n) is 1.65. The molecular formula is C12H10BrClN2O3S2. The van der Waals surface area contributed by atoms with Gasteiger partial charge in [0.25, 0.3) is 15.0 Å². The molecule has 0 aliphatic rings. The number of carbonyl (C=O) groups is 1. The Morgan fingerprint density at radius 3 is 2.62 bits per heavy atom. The number of benzene rings is 1. The summed E-state index contributed by atoms with van der Waals surface area (Å²) >= 11 is 4.17. The monoisotopic (exact) mass is 408 g/mol. The Morgan fingerprint density at radius 1 is 1.38 bits per heavy atom. The van der Waals surface area contributed by atoms with Crippen LogP contribution in [0.3, 0.4) is 0 Å². The topological polar surface area (TPSA) is 76.1 Å². The Balaban J connectivity index is 2.31. The van der Waals surface area contributed by atoms with Crippen LogP contribution in [0.25, 0.3) is 0 Å². The minimum absolute atomic E-state index is 0.0669. The standard InChI is InChI=1S/C12H10BrClN2O3S2/c1-6-4-3-5-8(9(6)13)10(17)16-12-15-7(2)11(20-12)21(14,18)19/h3-5H,1-2H3,(H,15,16,17). The van der Waals surface area contributed by atoms with Crippen molar-refractivity contribution in [1.82, 2.24) is 4.98 Å². The highest BCUT2D eigenvalue weighted by Crippen LogP contribution is 2.30. The zero-order chi connectivity index (χ0) is 15.8. The van der Waals surface area contributed by atoms with Crippen molar-refractivity contribution in [1.29, 1.82) is 0 Å². The molecule has 0 unspecified atom stereocenters. The van der Waals surface area contributed by atoms with Gasteiger partial charge >= 0.3 is 0 Å². The molecule has 2 aromatic rings. The van der Waals surface area contributed by atoms with E-state index < -0.39 is 9.05 Å². The smallest absolute Gasteiger partial charge is 0.272 e. The van der Waals surface area contributed by atoms with Crippen molar-refractivity contribution in [2.45, 2.75) is 18.1 Å². The SMILES string of the molecule is Cc1cccc(C(=O)Nc2nc(C)c(S(=O)(=O)Cl)s2)c1Br. The van der Waals surface area contributed by atoms with E-state index in [0.717, 1.165) is 16.9 Å². The molecule has 1 amide bonds. The molecule has 21 heavy (non-hydrogen) atoms. The number of aromatic nitrogens is 1. The molecule has 0 aliphatic carbocycles. The number of nitrogens with zero attached hydrogens (tertiary/aromatic N) is 1. The minimum Gasteiger partial charge on any atom is -0.298 e. The summed E-state index contributed by atoms with van der Waals surface area (Å²) in [6, 6.07) is 5.29. The fourth-order valence-corrected chi connectivity index (χ4v) is 4.44. The van der Waals surface area contributed by atoms with Crippen LogP contribution in [0.5, 0.6) is 0 Å². The van der Waals surface area contributed by atoms with E-state index >= 15 is 0 Å². The van der Waals surface area contributed by atoms with E-state index in [4.69, 9.17) is 10.7 Å². The van der Waals surface area contributed by atoms with Gasteiger partial charge in [0, 0.05) is 15.2 Å². The molecule has 1 N–H and O–H groups in total. The summed E-state index contributed by atoms with van der Waals surface area (Å²) in [6.07, 6.45) is 0. The van der Waals surface area contributed by atoms with Gasteiger partial charge in [0.1, 0.15) is 0 Å². The van der Waals surface area contributed by atoms with Crippen molar-refractivity contribution in [3.05, 3.63) is 39.5 Å². The first-order chi connectivity index (χ1) is 9.70. The van der Waals surface area contributed by atoms with Crippen molar-refractivity contribution in [2.75, 3.05) is 5.32 Å². The number of rotatable bonds is 3. The van der Waals surface area contributed by atoms with Crippen LogP contribution in [-0.4, -0.2) is 19.3 Å². The number of amides is 1. The number of halogens is 2. The van der Waals surface area contributed by atoms with Gasteiger partial charge in [-0.05, 0) is 41.4 Å². The molecule has 0 saturated carbocycles. The Hall–Kier alpha value is -0.960. The average molecular weight is 410 g/mol. The van der Waals surface area contributed by atoms with E-state index in [1.165, 1.54) is 6.92 Å². The van der Waals surface area contributed by atoms with Gasteiger partial charge in [-0.1, -0.05) is 23.5 Å². The highest BCUT2D eigenvalue weighted by atomic mass is 79.9. The maximum Gasteiger partial charge on any atom is 0.272 e. The highest BCUT2D eigenvalue weighted by Gasteiger charge is 2.21. The second-order valence-electron chi connectivity index (χ2n) is 4.22. The maximum atomic E-state index is 12.2. The number of hydrogen-bond donors (Lipinski definition) is 1. The first-order valence-corrected chi connectivity index (χ1v) is 9.60. The summed E-state index contributed by atoms with van der Waals surface area (Å²) in [5, 5.41) is 2.76. The van der Waals surface area contributed by atoms with E-state index in [1.54, 1.807) is 12.1 Å². The van der Waals surface area contributed by atoms with Gasteiger partial charge in [0.05, 0.1) is 11.3 Å². The van der Waals surface area contributed by atoms with Crippen molar-refractivity contribution >= 4 is 58.0 Å². The summed E-state index contributed by atoms with van der Waals surface area (Å²) in [5.41, 5.74) is 1.62. The molecule has 2 rings (SSSR count). The van der Waals surface area contributed by atoms with E-state index in [9.17, 15) is 13.2 Å². The van der Waals surface area contributed by atoms with Crippen LogP contribution in [0, 0.1) is 13.8 Å². The largest absolute Gasteiger partial charge is 0.298 e. The number of nitrogens with one attached hydrogen (secondary N) is 1. The summed E-state index contributed by atoms with van der Waals surface area (Å²) in [4.78, 5) is 16.2. The van der Waals surface area contributed by atoms with E-state index in [-0.39, 0.29) is 20.9 Å². The lowest BCUT2D eigenvalue weighted by Crippen LogP contribution is -2.12. The third-order valence-electron chi connectivity index (χ3n) is 2.63. The second kappa shape index (κ2) is 6.04. The van der Waals surface area contributed by atoms with Crippen LogP contribution in [0.1, 0.15) is 21.6 Å². The number of aryl methyl sites for hydroxylation is 2. The molecule has 1 aromatic heterocycles. The fraction of sp³-hybridized carbons (Fsp3) is 0.167. The first-order valence-electron chi connectivity index (χ1n) is 5.68. The predicted octanol–water partition coefficient (Wildman–Crippen LogP) is 3.70. The number of thiazole rings is 1. The quantitative estimate of drug-likeness (QED) is 0.784. The molecule has 0 fully saturated rings. The van der Waals surface area contributed by atoms with Gasteiger partial charge in [-0.3, -0.25) is 10.1 Å². The molecule has 0 spiro atoms. The van der Waals surface area contributed by atoms with Crippen molar-refractivity contribution in [3.8, 4) is 0 Å². The Bertz CT molecular complexity index is 818. The lowest BCUT2D eigenvalue weighted by atomic mass is 10.1. The Morgan fingerprint density at radius 2 is 2.05 bits per heavy atom. The third-order valence-corrected chi connectivity index (χ3v) is 6.94. The van der Waals surface area contributed by atoms with E-state index in [1.807, 2.05) is 13.0 Å². The molecular weight excluding hydrogens is 400 g/mol. The highest BCUT2D eigenvalue weighted by molar-refractivity contribution is 9.10. The summed E-state index contributed by atoms with van der Waals surface area (Å²) < 4.78 is 23.3. The maximum absolute atomic E-state index is 12.2. The van der Waals surface area contributed by atoms with Crippen LogP contribution < -0.4 is 5.32 Å². The van der Waals surface area contributed by atoms with Crippen molar-refractivity contribution < 1.29 is 13.2 Å². The first kappa shape index (κ1) is 16.4. The lowest BCUT2D eigenvalue weighted by Gasteiger charge is -2.06. The predicted molar refractivity (Wildman–Crippen MR) is 86.7 cm³/mol. The van der Waals surface area contributed by atoms with Crippen molar-refractivity contribution in [3.63, 3.8) is 0 Å². The van der Waals surface area contributed by atoms with E-state index in [2.05, 4.69) is 26.2 Å². The molecule has 0 atom stereocenters. The summed E-state index contributed by atoms with van der Waals surface area (Å²) in [7, 11) is 1.44. The lowest BCUT2D eigenvalue weighted by molar-refractivity contribution is 0.102. The molecule has 1 aromatic carbocycles. The Kier molecular flexibility index (Phi) is 4.72. The zero-order valence-corrected chi connectivity index (χ0v) is 15.0. The molecule has 0 bridgehead atoms. The van der Waals surface area contributed by atoms with Gasteiger partial charge < -0.3 is 0 Å². The summed E-state index contributed by atoms with van der Waals surface area (Å²) in [5.74, 6) is -0.377. The van der Waals surface area contributed by atoms with Crippen molar-refractivity contribution in [2.24, 2.45) is 0 Å². The van der Waals surface area contributed by atoms with Gasteiger partial charge in [0.15, 0.2) is 9.34 Å². The average Bonchev–Trinajstić information content (AvgIpc) is 2.73.